The zero-order valence-electron chi connectivity index (χ0n) is 19.4. The molecular weight excluding hydrogens is 490 g/mol. The summed E-state index contributed by atoms with van der Waals surface area (Å²) in [5.74, 6) is -0.0879. The molecule has 194 valence electrons. The third-order valence-corrected chi connectivity index (χ3v) is 5.59. The first-order valence-electron chi connectivity index (χ1n) is 11.2. The number of aromatic nitrogens is 2. The van der Waals surface area contributed by atoms with Crippen molar-refractivity contribution in [1.29, 1.82) is 0 Å². The highest BCUT2D eigenvalue weighted by Crippen LogP contribution is 2.40. The number of aryl methyl sites for hydroxylation is 1. The van der Waals surface area contributed by atoms with Gasteiger partial charge < -0.3 is 20.5 Å². The number of nitrogens with zero attached hydrogens (tertiary/aromatic N) is 2. The molecule has 0 spiro atoms. The maximum absolute atomic E-state index is 13.8. The Morgan fingerprint density at radius 2 is 1.72 bits per heavy atom. The first-order chi connectivity index (χ1) is 16.8. The molecule has 36 heavy (non-hydrogen) atoms. The second-order valence-corrected chi connectivity index (χ2v) is 8.65. The second-order valence-electron chi connectivity index (χ2n) is 8.65. The summed E-state index contributed by atoms with van der Waals surface area (Å²) in [7, 11) is 0. The van der Waals surface area contributed by atoms with E-state index in [0.29, 0.717) is 0 Å². The van der Waals surface area contributed by atoms with Crippen LogP contribution in [-0.4, -0.2) is 29.3 Å². The summed E-state index contributed by atoms with van der Waals surface area (Å²) in [5, 5.41) is 3.21. The number of hydrogen-bond acceptors (Lipinski definition) is 6. The van der Waals surface area contributed by atoms with Crippen molar-refractivity contribution in [3.8, 4) is 5.75 Å². The average Bonchev–Trinajstić information content (AvgIpc) is 3.59. The lowest BCUT2D eigenvalue weighted by atomic mass is 10.0. The van der Waals surface area contributed by atoms with Gasteiger partial charge in [0.05, 0.1) is 35.4 Å². The number of alkyl halides is 6. The van der Waals surface area contributed by atoms with Crippen LogP contribution in [0.2, 0.25) is 0 Å². The first kappa shape index (κ1) is 25.8. The Labute approximate surface area is 202 Å². The summed E-state index contributed by atoms with van der Waals surface area (Å²) in [4.78, 5) is 8.40. The molecule has 0 amide bonds. The fraction of sp³-hybridized carbons (Fsp3) is 0.417. The summed E-state index contributed by atoms with van der Waals surface area (Å²) in [6.45, 7) is 3.16. The van der Waals surface area contributed by atoms with Crippen LogP contribution in [0, 0.1) is 6.92 Å². The minimum atomic E-state index is -4.70. The van der Waals surface area contributed by atoms with E-state index in [0.717, 1.165) is 31.0 Å². The quantitative estimate of drug-likeness (QED) is 0.209. The van der Waals surface area contributed by atoms with Gasteiger partial charge in [-0.1, -0.05) is 0 Å². The Morgan fingerprint density at radius 3 is 2.36 bits per heavy atom. The molecule has 1 unspecified atom stereocenters. The van der Waals surface area contributed by atoms with Gasteiger partial charge in [-0.25, -0.2) is 9.97 Å². The van der Waals surface area contributed by atoms with Gasteiger partial charge in [0.1, 0.15) is 24.0 Å². The van der Waals surface area contributed by atoms with Gasteiger partial charge in [0.2, 0.25) is 0 Å². The van der Waals surface area contributed by atoms with E-state index >= 15 is 0 Å². The Balaban J connectivity index is 1.69. The van der Waals surface area contributed by atoms with E-state index in [1.807, 2.05) is 0 Å². The minimum absolute atomic E-state index is 0.00895. The van der Waals surface area contributed by atoms with Crippen LogP contribution in [0.4, 0.5) is 37.8 Å². The number of rotatable bonds is 8. The van der Waals surface area contributed by atoms with Crippen molar-refractivity contribution in [3.05, 3.63) is 52.8 Å². The summed E-state index contributed by atoms with van der Waals surface area (Å²) < 4.78 is 91.8. The van der Waals surface area contributed by atoms with Gasteiger partial charge in [0.25, 0.3) is 0 Å². The highest BCUT2D eigenvalue weighted by atomic mass is 19.4. The maximum atomic E-state index is 13.8. The third kappa shape index (κ3) is 6.10. The van der Waals surface area contributed by atoms with Crippen LogP contribution >= 0.6 is 0 Å². The molecule has 4 rings (SSSR count). The smallest absolute Gasteiger partial charge is 0.420 e. The number of halogens is 6. The van der Waals surface area contributed by atoms with Gasteiger partial charge >= 0.3 is 12.4 Å². The van der Waals surface area contributed by atoms with E-state index in [4.69, 9.17) is 15.2 Å². The molecule has 12 heteroatoms. The maximum Gasteiger partial charge on any atom is 0.420 e. The summed E-state index contributed by atoms with van der Waals surface area (Å²) in [6.07, 6.45) is -7.32. The SMILES string of the molecule is Cc1nc(NC(C)c2cc(N)cc(C(F)(F)F)c2)c2cc(OCCOC3CC3)c(C(F)(F)F)cc2n1. The summed E-state index contributed by atoms with van der Waals surface area (Å²) in [6, 6.07) is 4.52. The number of benzene rings is 2. The Kier molecular flexibility index (Phi) is 6.91. The number of nitrogen functional groups attached to an aromatic ring is 1. The van der Waals surface area contributed by atoms with Crippen molar-refractivity contribution in [2.75, 3.05) is 24.3 Å². The number of nitrogens with two attached hydrogens (primary N) is 1. The van der Waals surface area contributed by atoms with Crippen molar-refractivity contribution >= 4 is 22.4 Å². The van der Waals surface area contributed by atoms with Crippen molar-refractivity contribution in [2.45, 2.75) is 51.2 Å². The van der Waals surface area contributed by atoms with Crippen LogP contribution in [0.1, 0.15) is 48.3 Å². The van der Waals surface area contributed by atoms with Crippen LogP contribution in [0.3, 0.4) is 0 Å². The van der Waals surface area contributed by atoms with Crippen molar-refractivity contribution < 1.29 is 35.8 Å². The molecule has 1 atom stereocenters. The molecule has 1 saturated carbocycles. The normalized spacial score (nSPS) is 15.2. The molecule has 0 radical (unpaired) electrons. The van der Waals surface area contributed by atoms with E-state index in [2.05, 4.69) is 15.3 Å². The molecular formula is C24H24F6N4O2. The highest BCUT2D eigenvalue weighted by Gasteiger charge is 2.36. The molecule has 0 aliphatic heterocycles. The monoisotopic (exact) mass is 514 g/mol. The lowest BCUT2D eigenvalue weighted by Crippen LogP contribution is -2.14. The molecule has 0 saturated heterocycles. The molecule has 1 aliphatic carbocycles. The standard InChI is InChI=1S/C24H24F6N4O2/c1-12(14-7-15(23(25,26)27)9-16(31)8-14)32-22-18-10-21(36-6-5-35-17-3-4-17)19(24(28,29)30)11-20(18)33-13(2)34-22/h7-12,17H,3-6,31H2,1-2H3,(H,32,33,34). The lowest BCUT2D eigenvalue weighted by molar-refractivity contribution is -0.139. The topological polar surface area (TPSA) is 82.3 Å². The lowest BCUT2D eigenvalue weighted by Gasteiger charge is -2.20. The summed E-state index contributed by atoms with van der Waals surface area (Å²) >= 11 is 0. The zero-order chi connectivity index (χ0) is 26.3. The number of hydrogen-bond donors (Lipinski definition) is 2. The van der Waals surface area contributed by atoms with E-state index in [-0.39, 0.29) is 53.1 Å². The predicted octanol–water partition coefficient (Wildman–Crippen LogP) is 6.29. The van der Waals surface area contributed by atoms with Gasteiger partial charge in [-0.3, -0.25) is 0 Å². The Bertz CT molecular complexity index is 1260. The van der Waals surface area contributed by atoms with Crippen LogP contribution in [0.5, 0.6) is 5.75 Å². The Morgan fingerprint density at radius 1 is 1.00 bits per heavy atom. The van der Waals surface area contributed by atoms with Crippen LogP contribution < -0.4 is 15.8 Å². The Hall–Kier alpha value is -3.28. The average molecular weight is 514 g/mol. The van der Waals surface area contributed by atoms with Crippen LogP contribution in [0.25, 0.3) is 10.9 Å². The van der Waals surface area contributed by atoms with Crippen LogP contribution in [0.15, 0.2) is 30.3 Å². The van der Waals surface area contributed by atoms with Crippen molar-refractivity contribution in [2.24, 2.45) is 0 Å². The number of fused-ring (bicyclic) bond motifs is 1. The zero-order valence-corrected chi connectivity index (χ0v) is 19.4. The minimum Gasteiger partial charge on any atom is -0.491 e. The number of nitrogens with one attached hydrogen (secondary N) is 1. The number of ether oxygens (including phenoxy) is 2. The highest BCUT2D eigenvalue weighted by molar-refractivity contribution is 5.91. The van der Waals surface area contributed by atoms with Crippen molar-refractivity contribution in [1.82, 2.24) is 9.97 Å². The molecule has 1 fully saturated rings. The predicted molar refractivity (Wildman–Crippen MR) is 122 cm³/mol. The molecule has 1 heterocycles. The van der Waals surface area contributed by atoms with E-state index in [1.54, 1.807) is 6.92 Å². The molecule has 3 aromatic rings. The van der Waals surface area contributed by atoms with Gasteiger partial charge in [-0.15, -0.1) is 0 Å². The van der Waals surface area contributed by atoms with Crippen molar-refractivity contribution in [3.63, 3.8) is 0 Å². The third-order valence-electron chi connectivity index (χ3n) is 5.59. The van der Waals surface area contributed by atoms with E-state index in [1.165, 1.54) is 19.1 Å². The van der Waals surface area contributed by atoms with Crippen LogP contribution in [-0.2, 0) is 17.1 Å². The fourth-order valence-electron chi connectivity index (χ4n) is 3.70. The van der Waals surface area contributed by atoms with E-state index < -0.39 is 35.3 Å². The van der Waals surface area contributed by atoms with Gasteiger partial charge in [0, 0.05) is 11.1 Å². The summed E-state index contributed by atoms with van der Waals surface area (Å²) in [5.41, 5.74) is 3.93. The van der Waals surface area contributed by atoms with Gasteiger partial charge in [0.15, 0.2) is 0 Å². The molecule has 2 aromatic carbocycles. The molecule has 1 aliphatic rings. The second kappa shape index (κ2) is 9.64. The molecule has 1 aromatic heterocycles. The molecule has 6 nitrogen and oxygen atoms in total. The first-order valence-corrected chi connectivity index (χ1v) is 11.2. The molecule has 3 N–H and O–H groups in total. The van der Waals surface area contributed by atoms with E-state index in [9.17, 15) is 26.3 Å². The van der Waals surface area contributed by atoms with Gasteiger partial charge in [-0.2, -0.15) is 26.3 Å². The molecule has 0 bridgehead atoms. The van der Waals surface area contributed by atoms with Gasteiger partial charge in [-0.05, 0) is 62.6 Å². The fourth-order valence-corrected chi connectivity index (χ4v) is 3.70. The largest absolute Gasteiger partial charge is 0.491 e. The number of anilines is 2.